The number of benzene rings is 1. The summed E-state index contributed by atoms with van der Waals surface area (Å²) in [4.78, 5) is 10.4. The predicted octanol–water partition coefficient (Wildman–Crippen LogP) is 2.68. The van der Waals surface area contributed by atoms with E-state index >= 15 is 0 Å². The molecule has 1 rings (SSSR count). The van der Waals surface area contributed by atoms with E-state index in [-0.39, 0.29) is 5.56 Å². The molecule has 0 saturated carbocycles. The van der Waals surface area contributed by atoms with Crippen molar-refractivity contribution in [2.45, 2.75) is 19.3 Å². The summed E-state index contributed by atoms with van der Waals surface area (Å²) in [5, 5.41) is 8.46. The molecule has 15 heavy (non-hydrogen) atoms. The number of carboxylic acid groups (broad SMARTS) is 1. The molecule has 2 nitrogen and oxygen atoms in total. The average Bonchev–Trinajstić information content (AvgIpc) is 1.99. The van der Waals surface area contributed by atoms with Crippen LogP contribution in [0.25, 0.3) is 0 Å². The Morgan fingerprint density at radius 1 is 1.33 bits per heavy atom. The van der Waals surface area contributed by atoms with Crippen LogP contribution in [0.15, 0.2) is 12.1 Å². The largest absolute Gasteiger partial charge is 0.481 e. The van der Waals surface area contributed by atoms with E-state index in [2.05, 4.69) is 0 Å². The molecule has 0 amide bonds. The molecule has 1 N–H and O–H groups in total. The third kappa shape index (κ3) is 2.71. The topological polar surface area (TPSA) is 37.3 Å². The molecule has 0 bridgehead atoms. The van der Waals surface area contributed by atoms with Gasteiger partial charge < -0.3 is 5.11 Å². The number of hydrogen-bond donors (Lipinski definition) is 1. The Morgan fingerprint density at radius 3 is 2.20 bits per heavy atom. The van der Waals surface area contributed by atoms with Crippen molar-refractivity contribution < 1.29 is 23.1 Å². The molecular formula is C10H9F3O2. The first-order chi connectivity index (χ1) is 6.91. The second-order valence-electron chi connectivity index (χ2n) is 3.28. The summed E-state index contributed by atoms with van der Waals surface area (Å²) >= 11 is 0. The van der Waals surface area contributed by atoms with Gasteiger partial charge in [-0.25, -0.2) is 13.2 Å². The van der Waals surface area contributed by atoms with Crippen molar-refractivity contribution in [1.29, 1.82) is 0 Å². The van der Waals surface area contributed by atoms with Crippen LogP contribution in [0.1, 0.15) is 24.8 Å². The summed E-state index contributed by atoms with van der Waals surface area (Å²) < 4.78 is 38.8. The van der Waals surface area contributed by atoms with Gasteiger partial charge in [0.15, 0.2) is 0 Å². The minimum atomic E-state index is -1.16. The molecule has 0 unspecified atom stereocenters. The van der Waals surface area contributed by atoms with Crippen LogP contribution in [0.4, 0.5) is 13.2 Å². The van der Waals surface area contributed by atoms with Gasteiger partial charge in [-0.05, 0) is 5.92 Å². The van der Waals surface area contributed by atoms with Gasteiger partial charge in [-0.1, -0.05) is 6.92 Å². The normalized spacial score (nSPS) is 12.5. The number of rotatable bonds is 3. The summed E-state index contributed by atoms with van der Waals surface area (Å²) in [6.07, 6.45) is -0.403. The molecule has 5 heteroatoms. The van der Waals surface area contributed by atoms with Crippen LogP contribution >= 0.6 is 0 Å². The Balaban J connectivity index is 3.08. The Hall–Kier alpha value is -1.52. The zero-order valence-electron chi connectivity index (χ0n) is 7.93. The minimum absolute atomic E-state index is 0.390. The fourth-order valence-electron chi connectivity index (χ4n) is 1.39. The van der Waals surface area contributed by atoms with E-state index in [1.54, 1.807) is 0 Å². The molecule has 1 atom stereocenters. The molecule has 0 spiro atoms. The van der Waals surface area contributed by atoms with Crippen LogP contribution in [0.3, 0.4) is 0 Å². The first kappa shape index (κ1) is 11.6. The maximum Gasteiger partial charge on any atom is 0.303 e. The molecule has 0 aromatic heterocycles. The fraction of sp³-hybridized carbons (Fsp3) is 0.300. The third-order valence-corrected chi connectivity index (χ3v) is 2.02. The van der Waals surface area contributed by atoms with Crippen LogP contribution in [-0.2, 0) is 4.79 Å². The quantitative estimate of drug-likeness (QED) is 0.846. The van der Waals surface area contributed by atoms with Gasteiger partial charge in [0.1, 0.15) is 17.5 Å². The van der Waals surface area contributed by atoms with E-state index in [4.69, 9.17) is 5.11 Å². The van der Waals surface area contributed by atoms with E-state index < -0.39 is 35.8 Å². The van der Waals surface area contributed by atoms with E-state index in [0.717, 1.165) is 0 Å². The van der Waals surface area contributed by atoms with Crippen molar-refractivity contribution in [1.82, 2.24) is 0 Å². The van der Waals surface area contributed by atoms with Crippen molar-refractivity contribution in [3.05, 3.63) is 35.1 Å². The van der Waals surface area contributed by atoms with Gasteiger partial charge in [-0.3, -0.25) is 4.79 Å². The van der Waals surface area contributed by atoms with Gasteiger partial charge in [0.25, 0.3) is 0 Å². The molecule has 0 aliphatic carbocycles. The number of halogens is 3. The summed E-state index contributed by atoms with van der Waals surface area (Å²) in [6.45, 7) is 1.37. The maximum atomic E-state index is 13.1. The molecular weight excluding hydrogens is 209 g/mol. The first-order valence-corrected chi connectivity index (χ1v) is 4.28. The zero-order valence-corrected chi connectivity index (χ0v) is 7.93. The zero-order chi connectivity index (χ0) is 11.6. The van der Waals surface area contributed by atoms with E-state index in [9.17, 15) is 18.0 Å². The molecule has 1 aromatic rings. The van der Waals surface area contributed by atoms with Gasteiger partial charge in [0, 0.05) is 17.7 Å². The number of carboxylic acids is 1. The number of carbonyl (C=O) groups is 1. The lowest BCUT2D eigenvalue weighted by molar-refractivity contribution is -0.137. The highest BCUT2D eigenvalue weighted by Crippen LogP contribution is 2.25. The predicted molar refractivity (Wildman–Crippen MR) is 47.0 cm³/mol. The second kappa shape index (κ2) is 4.33. The van der Waals surface area contributed by atoms with Crippen molar-refractivity contribution in [3.63, 3.8) is 0 Å². The van der Waals surface area contributed by atoms with Gasteiger partial charge in [0.2, 0.25) is 0 Å². The molecule has 0 fully saturated rings. The maximum absolute atomic E-state index is 13.1. The summed E-state index contributed by atoms with van der Waals surface area (Å²) in [7, 11) is 0. The van der Waals surface area contributed by atoms with Crippen LogP contribution < -0.4 is 0 Å². The van der Waals surface area contributed by atoms with Crippen molar-refractivity contribution in [2.75, 3.05) is 0 Å². The minimum Gasteiger partial charge on any atom is -0.481 e. The van der Waals surface area contributed by atoms with Gasteiger partial charge in [0.05, 0.1) is 6.42 Å². The number of aliphatic carboxylic acids is 1. The standard InChI is InChI=1S/C10H9F3O2/c1-5(2-9(14)15)10-7(12)3-6(11)4-8(10)13/h3-5H,2H2,1H3,(H,14,15)/t5-/m1/s1. The van der Waals surface area contributed by atoms with Crippen molar-refractivity contribution in [3.8, 4) is 0 Å². The Labute approximate surface area is 84.3 Å². The molecule has 0 aliphatic heterocycles. The molecule has 0 heterocycles. The van der Waals surface area contributed by atoms with Gasteiger partial charge in [-0.15, -0.1) is 0 Å². The second-order valence-corrected chi connectivity index (χ2v) is 3.28. The van der Waals surface area contributed by atoms with Crippen molar-refractivity contribution in [2.24, 2.45) is 0 Å². The van der Waals surface area contributed by atoms with E-state index in [1.807, 2.05) is 0 Å². The Morgan fingerprint density at radius 2 is 1.80 bits per heavy atom. The lowest BCUT2D eigenvalue weighted by Gasteiger charge is -2.11. The molecule has 0 aliphatic rings. The Kier molecular flexibility index (Phi) is 3.34. The summed E-state index contributed by atoms with van der Waals surface area (Å²) in [5.74, 6) is -5.12. The summed E-state index contributed by atoms with van der Waals surface area (Å²) in [5.41, 5.74) is -0.390. The monoisotopic (exact) mass is 218 g/mol. The fourth-order valence-corrected chi connectivity index (χ4v) is 1.39. The van der Waals surface area contributed by atoms with Gasteiger partial charge in [-0.2, -0.15) is 0 Å². The smallest absolute Gasteiger partial charge is 0.303 e. The first-order valence-electron chi connectivity index (χ1n) is 4.28. The third-order valence-electron chi connectivity index (χ3n) is 2.02. The number of hydrogen-bond acceptors (Lipinski definition) is 1. The van der Waals surface area contributed by atoms with Crippen LogP contribution in [0, 0.1) is 17.5 Å². The highest BCUT2D eigenvalue weighted by molar-refractivity contribution is 5.68. The van der Waals surface area contributed by atoms with Crippen molar-refractivity contribution >= 4 is 5.97 Å². The molecule has 1 aromatic carbocycles. The van der Waals surface area contributed by atoms with E-state index in [0.29, 0.717) is 12.1 Å². The summed E-state index contributed by atoms with van der Waals surface area (Å²) in [6, 6.07) is 1.08. The molecule has 0 saturated heterocycles. The van der Waals surface area contributed by atoms with E-state index in [1.165, 1.54) is 6.92 Å². The van der Waals surface area contributed by atoms with Crippen LogP contribution in [0.2, 0.25) is 0 Å². The van der Waals surface area contributed by atoms with Crippen LogP contribution in [0.5, 0.6) is 0 Å². The molecule has 82 valence electrons. The average molecular weight is 218 g/mol. The molecule has 0 radical (unpaired) electrons. The van der Waals surface area contributed by atoms with Gasteiger partial charge >= 0.3 is 5.97 Å². The lowest BCUT2D eigenvalue weighted by atomic mass is 9.96. The highest BCUT2D eigenvalue weighted by atomic mass is 19.1. The Bertz CT molecular complexity index is 367. The van der Waals surface area contributed by atoms with Crippen LogP contribution in [-0.4, -0.2) is 11.1 Å². The lowest BCUT2D eigenvalue weighted by Crippen LogP contribution is -2.07. The SMILES string of the molecule is C[C@H](CC(=O)O)c1c(F)cc(F)cc1F. The highest BCUT2D eigenvalue weighted by Gasteiger charge is 2.19.